The van der Waals surface area contributed by atoms with Crippen molar-refractivity contribution < 1.29 is 37.3 Å². The molecule has 0 spiro atoms. The number of anilines is 1. The molecule has 0 bridgehead atoms. The molecule has 0 aliphatic carbocycles. The van der Waals surface area contributed by atoms with Gasteiger partial charge in [0.05, 0.1) is 12.5 Å². The number of halogens is 3. The summed E-state index contributed by atoms with van der Waals surface area (Å²) >= 11 is 0. The Bertz CT molecular complexity index is 695. The number of carbonyl (C=O) groups excluding carboxylic acids is 1. The van der Waals surface area contributed by atoms with Gasteiger partial charge in [0.25, 0.3) is 0 Å². The van der Waals surface area contributed by atoms with Gasteiger partial charge < -0.3 is 24.8 Å². The van der Waals surface area contributed by atoms with Crippen LogP contribution in [-0.4, -0.2) is 55.0 Å². The molecular weight excluding hydrogens is 357 g/mol. The van der Waals surface area contributed by atoms with E-state index in [1.54, 1.807) is 6.92 Å². The van der Waals surface area contributed by atoms with Crippen molar-refractivity contribution in [3.05, 3.63) is 18.2 Å². The summed E-state index contributed by atoms with van der Waals surface area (Å²) in [4.78, 5) is 24.9. The molecule has 1 aromatic carbocycles. The first-order chi connectivity index (χ1) is 12.0. The first-order valence-corrected chi connectivity index (χ1v) is 7.71. The zero-order valence-corrected chi connectivity index (χ0v) is 14.2. The summed E-state index contributed by atoms with van der Waals surface area (Å²) in [7, 11) is 1.28. The second-order valence-electron chi connectivity index (χ2n) is 6.24. The average Bonchev–Trinajstić information content (AvgIpc) is 2.96. The van der Waals surface area contributed by atoms with Gasteiger partial charge >= 0.3 is 18.2 Å². The maximum absolute atomic E-state index is 12.3. The normalized spacial score (nSPS) is 20.0. The maximum Gasteiger partial charge on any atom is 0.422 e. The number of likely N-dealkylation sites (tertiary alicyclic amines) is 1. The van der Waals surface area contributed by atoms with Crippen LogP contribution in [0.2, 0.25) is 0 Å². The third-order valence-corrected chi connectivity index (χ3v) is 4.08. The van der Waals surface area contributed by atoms with Crippen LogP contribution in [0.1, 0.15) is 13.3 Å². The van der Waals surface area contributed by atoms with Gasteiger partial charge in [0, 0.05) is 24.8 Å². The predicted molar refractivity (Wildman–Crippen MR) is 85.5 cm³/mol. The van der Waals surface area contributed by atoms with Gasteiger partial charge in [-0.1, -0.05) is 0 Å². The highest BCUT2D eigenvalue weighted by atomic mass is 19.4. The van der Waals surface area contributed by atoms with Crippen LogP contribution in [0.4, 0.5) is 23.7 Å². The molecule has 1 aromatic rings. The van der Waals surface area contributed by atoms with Gasteiger partial charge in [-0.15, -0.1) is 0 Å². The minimum Gasteiger partial charge on any atom is -0.493 e. The van der Waals surface area contributed by atoms with E-state index in [0.29, 0.717) is 6.42 Å². The molecule has 1 unspecified atom stereocenters. The molecule has 2 rings (SSSR count). The first-order valence-electron chi connectivity index (χ1n) is 7.71. The van der Waals surface area contributed by atoms with E-state index in [1.165, 1.54) is 30.2 Å². The van der Waals surface area contributed by atoms with Crippen molar-refractivity contribution in [1.82, 2.24) is 4.90 Å². The quantitative estimate of drug-likeness (QED) is 0.825. The van der Waals surface area contributed by atoms with Gasteiger partial charge in [-0.25, -0.2) is 4.79 Å². The Morgan fingerprint density at radius 2 is 2.04 bits per heavy atom. The fourth-order valence-electron chi connectivity index (χ4n) is 2.54. The van der Waals surface area contributed by atoms with Crippen LogP contribution < -0.4 is 14.8 Å². The Morgan fingerprint density at radius 3 is 2.58 bits per heavy atom. The van der Waals surface area contributed by atoms with E-state index in [-0.39, 0.29) is 30.3 Å². The van der Waals surface area contributed by atoms with Crippen molar-refractivity contribution in [2.45, 2.75) is 19.5 Å². The van der Waals surface area contributed by atoms with Crippen LogP contribution in [0.15, 0.2) is 18.2 Å². The van der Waals surface area contributed by atoms with Crippen LogP contribution in [0.25, 0.3) is 0 Å². The van der Waals surface area contributed by atoms with Gasteiger partial charge in [0.1, 0.15) is 0 Å². The lowest BCUT2D eigenvalue weighted by Gasteiger charge is -2.21. The van der Waals surface area contributed by atoms with Crippen molar-refractivity contribution in [3.8, 4) is 11.5 Å². The van der Waals surface area contributed by atoms with Crippen molar-refractivity contribution in [2.24, 2.45) is 5.41 Å². The molecule has 0 radical (unpaired) electrons. The Hall–Kier alpha value is -2.65. The van der Waals surface area contributed by atoms with E-state index in [2.05, 4.69) is 5.32 Å². The van der Waals surface area contributed by atoms with Crippen molar-refractivity contribution >= 4 is 17.7 Å². The molecule has 1 fully saturated rings. The highest BCUT2D eigenvalue weighted by molar-refractivity contribution is 5.90. The number of alkyl halides is 3. The molecule has 26 heavy (non-hydrogen) atoms. The minimum absolute atomic E-state index is 0.0434. The van der Waals surface area contributed by atoms with Crippen molar-refractivity contribution in [1.29, 1.82) is 0 Å². The standard InChI is InChI=1S/C16H19F3N2O5/c1-15(13(22)23)5-6-21(8-15)14(24)20-10-3-4-11(25-2)12(7-10)26-9-16(17,18)19/h3-4,7H,5-6,8-9H2,1-2H3,(H,20,24)(H,22,23). The third kappa shape index (κ3) is 4.70. The van der Waals surface area contributed by atoms with E-state index >= 15 is 0 Å². The Morgan fingerprint density at radius 1 is 1.35 bits per heavy atom. The Kier molecular flexibility index (Phi) is 5.53. The third-order valence-electron chi connectivity index (χ3n) is 4.08. The number of hydrogen-bond donors (Lipinski definition) is 2. The van der Waals surface area contributed by atoms with Gasteiger partial charge in [-0.2, -0.15) is 13.2 Å². The number of hydrogen-bond acceptors (Lipinski definition) is 4. The summed E-state index contributed by atoms with van der Waals surface area (Å²) < 4.78 is 46.7. The number of carboxylic acids is 1. The van der Waals surface area contributed by atoms with E-state index in [0.717, 1.165) is 0 Å². The molecule has 1 heterocycles. The van der Waals surface area contributed by atoms with Gasteiger partial charge in [-0.3, -0.25) is 4.79 Å². The predicted octanol–water partition coefficient (Wildman–Crippen LogP) is 2.96. The molecule has 0 saturated carbocycles. The number of carbonyl (C=O) groups is 2. The van der Waals surface area contributed by atoms with E-state index < -0.39 is 30.2 Å². The molecule has 1 aliphatic heterocycles. The van der Waals surface area contributed by atoms with E-state index in [4.69, 9.17) is 9.47 Å². The zero-order valence-electron chi connectivity index (χ0n) is 14.2. The maximum atomic E-state index is 12.3. The van der Waals surface area contributed by atoms with Crippen LogP contribution in [0.3, 0.4) is 0 Å². The smallest absolute Gasteiger partial charge is 0.422 e. The number of ether oxygens (including phenoxy) is 2. The second kappa shape index (κ2) is 7.30. The molecule has 2 N–H and O–H groups in total. The minimum atomic E-state index is -4.51. The van der Waals surface area contributed by atoms with Gasteiger partial charge in [0.15, 0.2) is 18.1 Å². The highest BCUT2D eigenvalue weighted by Crippen LogP contribution is 2.33. The topological polar surface area (TPSA) is 88.1 Å². The zero-order chi connectivity index (χ0) is 19.5. The summed E-state index contributed by atoms with van der Waals surface area (Å²) in [5.41, 5.74) is -0.810. The Balaban J connectivity index is 2.07. The molecule has 0 aromatic heterocycles. The Labute approximate surface area is 147 Å². The molecule has 10 heteroatoms. The molecule has 1 saturated heterocycles. The van der Waals surface area contributed by atoms with Crippen LogP contribution in [0, 0.1) is 5.41 Å². The first kappa shape index (κ1) is 19.7. The lowest BCUT2D eigenvalue weighted by Crippen LogP contribution is -2.37. The number of urea groups is 1. The number of nitrogens with one attached hydrogen (secondary N) is 1. The van der Waals surface area contributed by atoms with Crippen molar-refractivity contribution in [2.75, 3.05) is 32.1 Å². The summed E-state index contributed by atoms with van der Waals surface area (Å²) in [6.45, 7) is 0.368. The highest BCUT2D eigenvalue weighted by Gasteiger charge is 2.42. The molecule has 144 valence electrons. The fraction of sp³-hybridized carbons (Fsp3) is 0.500. The summed E-state index contributed by atoms with van der Waals surface area (Å²) in [5.74, 6) is -1.06. The molecular formula is C16H19F3N2O5. The van der Waals surface area contributed by atoms with Crippen LogP contribution in [-0.2, 0) is 4.79 Å². The van der Waals surface area contributed by atoms with Crippen molar-refractivity contribution in [3.63, 3.8) is 0 Å². The lowest BCUT2D eigenvalue weighted by molar-refractivity contribution is -0.153. The van der Waals surface area contributed by atoms with Crippen LogP contribution >= 0.6 is 0 Å². The summed E-state index contributed by atoms with van der Waals surface area (Å²) in [5, 5.41) is 11.7. The molecule has 2 amide bonds. The lowest BCUT2D eigenvalue weighted by atomic mass is 9.90. The number of aliphatic carboxylic acids is 1. The van der Waals surface area contributed by atoms with Crippen LogP contribution in [0.5, 0.6) is 11.5 Å². The van der Waals surface area contributed by atoms with E-state index in [9.17, 15) is 27.9 Å². The monoisotopic (exact) mass is 376 g/mol. The SMILES string of the molecule is COc1ccc(NC(=O)N2CCC(C)(C(=O)O)C2)cc1OCC(F)(F)F. The summed E-state index contributed by atoms with van der Waals surface area (Å²) in [6.07, 6.45) is -4.20. The average molecular weight is 376 g/mol. The molecule has 1 atom stereocenters. The number of carboxylic acid groups (broad SMARTS) is 1. The summed E-state index contributed by atoms with van der Waals surface area (Å²) in [6, 6.07) is 3.49. The second-order valence-corrected chi connectivity index (χ2v) is 6.24. The fourth-order valence-corrected chi connectivity index (χ4v) is 2.54. The molecule has 1 aliphatic rings. The largest absolute Gasteiger partial charge is 0.493 e. The molecule has 7 nitrogen and oxygen atoms in total. The number of nitrogens with zero attached hydrogens (tertiary/aromatic N) is 1. The number of benzene rings is 1. The van der Waals surface area contributed by atoms with Gasteiger partial charge in [-0.05, 0) is 25.5 Å². The number of amides is 2. The number of rotatable bonds is 5. The van der Waals surface area contributed by atoms with E-state index in [1.807, 2.05) is 0 Å². The van der Waals surface area contributed by atoms with Gasteiger partial charge in [0.2, 0.25) is 0 Å². The number of methoxy groups -OCH3 is 1.